The molecule has 1 aliphatic rings. The van der Waals surface area contributed by atoms with Gasteiger partial charge >= 0.3 is 0 Å². The lowest BCUT2D eigenvalue weighted by Gasteiger charge is -2.19. The van der Waals surface area contributed by atoms with Crippen molar-refractivity contribution in [2.75, 3.05) is 26.2 Å². The number of hydrogen-bond donors (Lipinski definition) is 1. The molecule has 3 nitrogen and oxygen atoms in total. The molecule has 0 radical (unpaired) electrons. The maximum Gasteiger partial charge on any atom is 0.220 e. The molecule has 1 aromatic rings. The summed E-state index contributed by atoms with van der Waals surface area (Å²) in [6.07, 6.45) is 10.6. The van der Waals surface area contributed by atoms with E-state index in [1.165, 1.54) is 63.7 Å². The topological polar surface area (TPSA) is 32.3 Å². The number of unbranched alkanes of at least 4 members (excludes halogenated alkanes) is 2. The Morgan fingerprint density at radius 3 is 2.43 bits per heavy atom. The molecule has 1 saturated heterocycles. The number of likely N-dealkylation sites (tertiary alicyclic amines) is 1. The second-order valence-electron chi connectivity index (χ2n) is 6.65. The minimum absolute atomic E-state index is 0.182. The van der Waals surface area contributed by atoms with Crippen molar-refractivity contribution in [2.45, 2.75) is 57.8 Å². The van der Waals surface area contributed by atoms with E-state index in [0.29, 0.717) is 6.42 Å². The van der Waals surface area contributed by atoms with Crippen LogP contribution in [0.25, 0.3) is 0 Å². The van der Waals surface area contributed by atoms with Crippen LogP contribution in [-0.4, -0.2) is 37.0 Å². The molecule has 0 atom stereocenters. The second kappa shape index (κ2) is 11.2. The first-order valence-electron chi connectivity index (χ1n) is 9.37. The molecule has 0 bridgehead atoms. The van der Waals surface area contributed by atoms with Gasteiger partial charge in [-0.05, 0) is 57.3 Å². The van der Waals surface area contributed by atoms with Gasteiger partial charge in [0.25, 0.3) is 0 Å². The number of rotatable bonds is 9. The molecular weight excluding hydrogens is 284 g/mol. The molecule has 3 heteroatoms. The van der Waals surface area contributed by atoms with Crippen LogP contribution in [0.5, 0.6) is 0 Å². The molecule has 1 aromatic carbocycles. The van der Waals surface area contributed by atoms with Crippen molar-refractivity contribution in [1.29, 1.82) is 0 Å². The molecule has 0 unspecified atom stereocenters. The van der Waals surface area contributed by atoms with E-state index in [4.69, 9.17) is 0 Å². The van der Waals surface area contributed by atoms with Gasteiger partial charge in [0.15, 0.2) is 0 Å². The predicted octanol–water partition coefficient (Wildman–Crippen LogP) is 3.78. The van der Waals surface area contributed by atoms with Crippen LogP contribution in [0.2, 0.25) is 0 Å². The standard InChI is InChI=1S/C20H32N2O/c23-20(14-13-19-11-5-3-6-12-19)21-15-7-4-10-18-22-16-8-1-2-9-17-22/h3,5-6,11-12H,1-2,4,7-10,13-18H2,(H,21,23). The molecule has 1 N–H and O–H groups in total. The van der Waals surface area contributed by atoms with Crippen LogP contribution in [0.1, 0.15) is 56.9 Å². The van der Waals surface area contributed by atoms with Crippen molar-refractivity contribution in [3.05, 3.63) is 35.9 Å². The van der Waals surface area contributed by atoms with Gasteiger partial charge in [-0.3, -0.25) is 4.79 Å². The molecule has 1 heterocycles. The summed E-state index contributed by atoms with van der Waals surface area (Å²) in [6.45, 7) is 4.64. The Balaban J connectivity index is 1.44. The van der Waals surface area contributed by atoms with Crippen molar-refractivity contribution < 1.29 is 4.79 Å². The van der Waals surface area contributed by atoms with Gasteiger partial charge in [0.2, 0.25) is 5.91 Å². The molecule has 0 saturated carbocycles. The first-order valence-corrected chi connectivity index (χ1v) is 9.37. The largest absolute Gasteiger partial charge is 0.356 e. The molecule has 1 fully saturated rings. The highest BCUT2D eigenvalue weighted by Gasteiger charge is 2.08. The summed E-state index contributed by atoms with van der Waals surface area (Å²) in [4.78, 5) is 14.4. The lowest BCUT2D eigenvalue weighted by molar-refractivity contribution is -0.121. The van der Waals surface area contributed by atoms with Crippen LogP contribution in [0.4, 0.5) is 0 Å². The smallest absolute Gasteiger partial charge is 0.220 e. The second-order valence-corrected chi connectivity index (χ2v) is 6.65. The number of amides is 1. The number of carbonyl (C=O) groups excluding carboxylic acids is 1. The molecule has 2 rings (SSSR count). The van der Waals surface area contributed by atoms with Gasteiger partial charge < -0.3 is 10.2 Å². The number of benzene rings is 1. The fourth-order valence-corrected chi connectivity index (χ4v) is 3.22. The fourth-order valence-electron chi connectivity index (χ4n) is 3.22. The van der Waals surface area contributed by atoms with Crippen molar-refractivity contribution in [2.24, 2.45) is 0 Å². The monoisotopic (exact) mass is 316 g/mol. The molecule has 23 heavy (non-hydrogen) atoms. The first-order chi connectivity index (χ1) is 11.3. The third-order valence-corrected chi connectivity index (χ3v) is 4.66. The molecule has 0 aromatic heterocycles. The summed E-state index contributed by atoms with van der Waals surface area (Å²) >= 11 is 0. The van der Waals surface area contributed by atoms with Crippen LogP contribution >= 0.6 is 0 Å². The zero-order valence-electron chi connectivity index (χ0n) is 14.4. The normalized spacial score (nSPS) is 16.0. The predicted molar refractivity (Wildman–Crippen MR) is 96.5 cm³/mol. The molecule has 1 aliphatic heterocycles. The third-order valence-electron chi connectivity index (χ3n) is 4.66. The highest BCUT2D eigenvalue weighted by Crippen LogP contribution is 2.10. The van der Waals surface area contributed by atoms with Gasteiger partial charge in [-0.2, -0.15) is 0 Å². The van der Waals surface area contributed by atoms with Gasteiger partial charge in [0, 0.05) is 13.0 Å². The minimum Gasteiger partial charge on any atom is -0.356 e. The Kier molecular flexibility index (Phi) is 8.78. The van der Waals surface area contributed by atoms with Crippen LogP contribution in [0, 0.1) is 0 Å². The van der Waals surface area contributed by atoms with E-state index >= 15 is 0 Å². The summed E-state index contributed by atoms with van der Waals surface area (Å²) in [7, 11) is 0. The highest BCUT2D eigenvalue weighted by molar-refractivity contribution is 5.76. The average molecular weight is 316 g/mol. The van der Waals surface area contributed by atoms with Gasteiger partial charge in [-0.1, -0.05) is 49.6 Å². The lowest BCUT2D eigenvalue weighted by Crippen LogP contribution is -2.26. The summed E-state index contributed by atoms with van der Waals surface area (Å²) in [6, 6.07) is 10.2. The van der Waals surface area contributed by atoms with Crippen molar-refractivity contribution in [3.8, 4) is 0 Å². The number of nitrogens with zero attached hydrogens (tertiary/aromatic N) is 1. The quantitative estimate of drug-likeness (QED) is 0.703. The zero-order valence-corrected chi connectivity index (χ0v) is 14.4. The average Bonchev–Trinajstić information content (AvgIpc) is 2.86. The highest BCUT2D eigenvalue weighted by atomic mass is 16.1. The Morgan fingerprint density at radius 1 is 0.957 bits per heavy atom. The van der Waals surface area contributed by atoms with E-state index in [1.54, 1.807) is 0 Å². The minimum atomic E-state index is 0.182. The van der Waals surface area contributed by atoms with Crippen LogP contribution in [0.15, 0.2) is 30.3 Å². The zero-order chi connectivity index (χ0) is 16.2. The number of carbonyl (C=O) groups is 1. The van der Waals surface area contributed by atoms with E-state index in [2.05, 4.69) is 22.3 Å². The van der Waals surface area contributed by atoms with Gasteiger partial charge in [-0.15, -0.1) is 0 Å². The Bertz CT molecular complexity index is 425. The van der Waals surface area contributed by atoms with Crippen molar-refractivity contribution in [3.63, 3.8) is 0 Å². The summed E-state index contributed by atoms with van der Waals surface area (Å²) < 4.78 is 0. The van der Waals surface area contributed by atoms with Gasteiger partial charge in [0.1, 0.15) is 0 Å². The van der Waals surface area contributed by atoms with Crippen molar-refractivity contribution >= 4 is 5.91 Å². The van der Waals surface area contributed by atoms with Crippen LogP contribution in [-0.2, 0) is 11.2 Å². The molecule has 0 spiro atoms. The molecule has 128 valence electrons. The summed E-state index contributed by atoms with van der Waals surface area (Å²) in [5.74, 6) is 0.182. The number of nitrogens with one attached hydrogen (secondary N) is 1. The summed E-state index contributed by atoms with van der Waals surface area (Å²) in [5.41, 5.74) is 1.24. The maximum atomic E-state index is 11.8. The van der Waals surface area contributed by atoms with E-state index in [-0.39, 0.29) is 5.91 Å². The molecular formula is C20H32N2O. The van der Waals surface area contributed by atoms with E-state index in [9.17, 15) is 4.79 Å². The van der Waals surface area contributed by atoms with Gasteiger partial charge in [0.05, 0.1) is 0 Å². The fraction of sp³-hybridized carbons (Fsp3) is 0.650. The number of hydrogen-bond acceptors (Lipinski definition) is 2. The Morgan fingerprint density at radius 2 is 1.70 bits per heavy atom. The molecule has 1 amide bonds. The van der Waals surface area contributed by atoms with E-state index in [1.807, 2.05) is 18.2 Å². The number of aryl methyl sites for hydroxylation is 1. The maximum absolute atomic E-state index is 11.8. The van der Waals surface area contributed by atoms with E-state index < -0.39 is 0 Å². The lowest BCUT2D eigenvalue weighted by atomic mass is 10.1. The third kappa shape index (κ3) is 8.17. The van der Waals surface area contributed by atoms with Crippen molar-refractivity contribution in [1.82, 2.24) is 10.2 Å². The Labute approximate surface area is 141 Å². The van der Waals surface area contributed by atoms with Gasteiger partial charge in [-0.25, -0.2) is 0 Å². The Hall–Kier alpha value is -1.35. The van der Waals surface area contributed by atoms with Crippen LogP contribution < -0.4 is 5.32 Å². The molecule has 0 aliphatic carbocycles. The van der Waals surface area contributed by atoms with Crippen LogP contribution in [0.3, 0.4) is 0 Å². The first kappa shape index (κ1) is 18.0. The van der Waals surface area contributed by atoms with E-state index in [0.717, 1.165) is 19.4 Å². The SMILES string of the molecule is O=C(CCc1ccccc1)NCCCCCN1CCCCCC1. The summed E-state index contributed by atoms with van der Waals surface area (Å²) in [5, 5.41) is 3.05.